The summed E-state index contributed by atoms with van der Waals surface area (Å²) in [7, 11) is 0. The van der Waals surface area contributed by atoms with Gasteiger partial charge in [0, 0.05) is 24.2 Å². The number of aromatic amines is 1. The maximum atomic E-state index is 12.1. The highest BCUT2D eigenvalue weighted by Crippen LogP contribution is 2.34. The number of aromatic nitrogens is 2. The number of H-pyrrole nitrogens is 1. The van der Waals surface area contributed by atoms with Gasteiger partial charge in [-0.05, 0) is 38.3 Å². The first kappa shape index (κ1) is 14.0. The lowest BCUT2D eigenvalue weighted by Gasteiger charge is -2.31. The second kappa shape index (κ2) is 5.45. The van der Waals surface area contributed by atoms with E-state index in [2.05, 4.69) is 39.6 Å². The van der Waals surface area contributed by atoms with Crippen molar-refractivity contribution in [2.75, 3.05) is 6.54 Å². The Hall–Kier alpha value is -1.94. The maximum Gasteiger partial charge on any atom is 0.255 e. The average Bonchev–Trinajstić information content (AvgIpc) is 2.38. The van der Waals surface area contributed by atoms with Gasteiger partial charge in [0.25, 0.3) is 5.56 Å². The third-order valence-corrected chi connectivity index (χ3v) is 4.33. The van der Waals surface area contributed by atoms with Crippen LogP contribution in [0.2, 0.25) is 0 Å². The van der Waals surface area contributed by atoms with E-state index in [-0.39, 0.29) is 11.6 Å². The van der Waals surface area contributed by atoms with Crippen LogP contribution in [0.3, 0.4) is 0 Å². The molecule has 1 aromatic carbocycles. The van der Waals surface area contributed by atoms with Gasteiger partial charge >= 0.3 is 0 Å². The van der Waals surface area contributed by atoms with Gasteiger partial charge in [-0.2, -0.15) is 0 Å². The number of rotatable bonds is 4. The van der Waals surface area contributed by atoms with Gasteiger partial charge in [0.15, 0.2) is 0 Å². The van der Waals surface area contributed by atoms with Crippen LogP contribution in [0.4, 0.5) is 0 Å². The number of nitrogens with zero attached hydrogens (tertiary/aromatic N) is 1. The van der Waals surface area contributed by atoms with Crippen LogP contribution in [0.25, 0.3) is 0 Å². The second-order valence-electron chi connectivity index (χ2n) is 5.88. The monoisotopic (exact) mass is 283 g/mol. The molecule has 2 unspecified atom stereocenters. The lowest BCUT2D eigenvalue weighted by molar-refractivity contribution is 0.484. The van der Waals surface area contributed by atoms with E-state index >= 15 is 0 Å². The van der Waals surface area contributed by atoms with E-state index in [0.29, 0.717) is 11.7 Å². The quantitative estimate of drug-likeness (QED) is 0.905. The summed E-state index contributed by atoms with van der Waals surface area (Å²) in [5, 5.41) is 3.48. The van der Waals surface area contributed by atoms with E-state index in [9.17, 15) is 4.79 Å². The summed E-state index contributed by atoms with van der Waals surface area (Å²) in [5.74, 6) is 1.22. The summed E-state index contributed by atoms with van der Waals surface area (Å²) in [6.07, 6.45) is 1.12. The van der Waals surface area contributed by atoms with Crippen molar-refractivity contribution in [2.24, 2.45) is 0 Å². The third kappa shape index (κ3) is 2.63. The molecule has 1 aliphatic carbocycles. The fraction of sp³-hybridized carbons (Fsp3) is 0.412. The molecule has 0 radical (unpaired) electrons. The Morgan fingerprint density at radius 3 is 2.86 bits per heavy atom. The Morgan fingerprint density at radius 2 is 2.14 bits per heavy atom. The summed E-state index contributed by atoms with van der Waals surface area (Å²) in [6, 6.07) is 8.57. The first-order chi connectivity index (χ1) is 10.1. The molecule has 2 atom stereocenters. The van der Waals surface area contributed by atoms with Crippen molar-refractivity contribution in [2.45, 2.75) is 39.2 Å². The molecule has 1 aliphatic rings. The fourth-order valence-electron chi connectivity index (χ4n) is 3.21. The molecule has 0 spiro atoms. The van der Waals surface area contributed by atoms with Crippen molar-refractivity contribution in [3.8, 4) is 0 Å². The largest absolute Gasteiger partial charge is 0.310 e. The molecule has 3 rings (SSSR count). The summed E-state index contributed by atoms with van der Waals surface area (Å²) >= 11 is 0. The minimum atomic E-state index is -0.0333. The number of hydrogen-bond donors (Lipinski definition) is 2. The molecule has 0 saturated carbocycles. The molecule has 0 aliphatic heterocycles. The van der Waals surface area contributed by atoms with E-state index in [1.54, 1.807) is 0 Å². The maximum absolute atomic E-state index is 12.1. The van der Waals surface area contributed by atoms with Gasteiger partial charge in [-0.1, -0.05) is 24.3 Å². The Balaban J connectivity index is 1.69. The van der Waals surface area contributed by atoms with Crippen LogP contribution in [0.5, 0.6) is 0 Å². The molecule has 2 N–H and O–H groups in total. The summed E-state index contributed by atoms with van der Waals surface area (Å²) in [5.41, 5.74) is 4.40. The Morgan fingerprint density at radius 1 is 1.38 bits per heavy atom. The first-order valence-electron chi connectivity index (χ1n) is 7.45. The molecular weight excluding hydrogens is 262 g/mol. The van der Waals surface area contributed by atoms with Gasteiger partial charge in [0.2, 0.25) is 0 Å². The average molecular weight is 283 g/mol. The highest BCUT2D eigenvalue weighted by atomic mass is 16.1. The topological polar surface area (TPSA) is 57.8 Å². The van der Waals surface area contributed by atoms with Crippen molar-refractivity contribution in [1.82, 2.24) is 15.3 Å². The van der Waals surface area contributed by atoms with Crippen LogP contribution in [0.15, 0.2) is 29.1 Å². The Kier molecular flexibility index (Phi) is 3.64. The summed E-state index contributed by atoms with van der Waals surface area (Å²) < 4.78 is 0. The summed E-state index contributed by atoms with van der Waals surface area (Å²) in [6.45, 7) is 6.63. The zero-order valence-electron chi connectivity index (χ0n) is 12.7. The highest BCUT2D eigenvalue weighted by molar-refractivity contribution is 5.40. The van der Waals surface area contributed by atoms with E-state index in [0.717, 1.165) is 24.2 Å². The van der Waals surface area contributed by atoms with E-state index < -0.39 is 0 Å². The molecule has 110 valence electrons. The molecule has 0 fully saturated rings. The minimum Gasteiger partial charge on any atom is -0.310 e. The predicted molar refractivity (Wildman–Crippen MR) is 83.6 cm³/mol. The number of aryl methyl sites for hydroxylation is 2. The van der Waals surface area contributed by atoms with Crippen LogP contribution in [0, 0.1) is 13.8 Å². The molecule has 4 heteroatoms. The molecule has 21 heavy (non-hydrogen) atoms. The van der Waals surface area contributed by atoms with Crippen molar-refractivity contribution >= 4 is 0 Å². The SMILES string of the molecule is Cc1nc(C)c(C(C)NCC2Cc3ccccc32)c(=O)[nH]1. The van der Waals surface area contributed by atoms with Gasteiger partial charge in [0.05, 0.1) is 5.56 Å². The van der Waals surface area contributed by atoms with Crippen molar-refractivity contribution in [3.63, 3.8) is 0 Å². The first-order valence-corrected chi connectivity index (χ1v) is 7.45. The normalized spacial score (nSPS) is 18.0. The minimum absolute atomic E-state index is 0.00890. The highest BCUT2D eigenvalue weighted by Gasteiger charge is 2.26. The molecule has 2 aromatic rings. The predicted octanol–water partition coefficient (Wildman–Crippen LogP) is 2.38. The standard InChI is InChI=1S/C17H21N3O/c1-10(16-11(2)19-12(3)20-17(16)21)18-9-14-8-13-6-4-5-7-15(13)14/h4-7,10,14,18H,8-9H2,1-3H3,(H,19,20,21). The number of benzene rings is 1. The zero-order chi connectivity index (χ0) is 15.0. The van der Waals surface area contributed by atoms with Gasteiger partial charge in [-0.15, -0.1) is 0 Å². The van der Waals surface area contributed by atoms with Crippen LogP contribution in [0.1, 0.15) is 47.1 Å². The Bertz CT molecular complexity index is 720. The zero-order valence-corrected chi connectivity index (χ0v) is 12.7. The number of fused-ring (bicyclic) bond motifs is 1. The molecule has 4 nitrogen and oxygen atoms in total. The molecular formula is C17H21N3O. The molecule has 1 heterocycles. The van der Waals surface area contributed by atoms with Crippen molar-refractivity contribution in [3.05, 3.63) is 62.8 Å². The smallest absolute Gasteiger partial charge is 0.255 e. The molecule has 0 amide bonds. The van der Waals surface area contributed by atoms with E-state index in [4.69, 9.17) is 0 Å². The fourth-order valence-corrected chi connectivity index (χ4v) is 3.21. The van der Waals surface area contributed by atoms with Crippen molar-refractivity contribution in [1.29, 1.82) is 0 Å². The second-order valence-corrected chi connectivity index (χ2v) is 5.88. The van der Waals surface area contributed by atoms with Gasteiger partial charge in [-0.25, -0.2) is 4.98 Å². The lowest BCUT2D eigenvalue weighted by atomic mass is 9.77. The Labute approximate surface area is 124 Å². The van der Waals surface area contributed by atoms with Crippen LogP contribution in [-0.2, 0) is 6.42 Å². The summed E-state index contributed by atoms with van der Waals surface area (Å²) in [4.78, 5) is 19.2. The number of hydrogen-bond acceptors (Lipinski definition) is 3. The van der Waals surface area contributed by atoms with Crippen LogP contribution >= 0.6 is 0 Å². The van der Waals surface area contributed by atoms with Crippen LogP contribution in [-0.4, -0.2) is 16.5 Å². The number of nitrogens with one attached hydrogen (secondary N) is 2. The molecule has 0 saturated heterocycles. The van der Waals surface area contributed by atoms with Gasteiger partial charge in [-0.3, -0.25) is 4.79 Å². The van der Waals surface area contributed by atoms with Crippen LogP contribution < -0.4 is 10.9 Å². The van der Waals surface area contributed by atoms with Gasteiger partial charge < -0.3 is 10.3 Å². The van der Waals surface area contributed by atoms with Crippen molar-refractivity contribution < 1.29 is 0 Å². The van der Waals surface area contributed by atoms with E-state index in [1.165, 1.54) is 11.1 Å². The molecule has 0 bridgehead atoms. The third-order valence-electron chi connectivity index (χ3n) is 4.33. The molecule has 1 aromatic heterocycles. The lowest BCUT2D eigenvalue weighted by Crippen LogP contribution is -2.33. The van der Waals surface area contributed by atoms with Gasteiger partial charge in [0.1, 0.15) is 5.82 Å². The van der Waals surface area contributed by atoms with E-state index in [1.807, 2.05) is 20.8 Å².